The van der Waals surface area contributed by atoms with E-state index < -0.39 is 0 Å². The summed E-state index contributed by atoms with van der Waals surface area (Å²) >= 11 is 0. The molecule has 4 atom stereocenters. The Hall–Kier alpha value is -3.09. The number of anilines is 2. The van der Waals surface area contributed by atoms with Crippen molar-refractivity contribution >= 4 is 29.1 Å². The van der Waals surface area contributed by atoms with Crippen molar-refractivity contribution in [2.45, 2.75) is 45.6 Å². The van der Waals surface area contributed by atoms with Crippen LogP contribution < -0.4 is 10.6 Å². The summed E-state index contributed by atoms with van der Waals surface area (Å²) in [6.45, 7) is 4.94. The molecule has 1 aliphatic carbocycles. The van der Waals surface area contributed by atoms with Crippen molar-refractivity contribution in [3.63, 3.8) is 0 Å². The van der Waals surface area contributed by atoms with Gasteiger partial charge in [0.05, 0.1) is 12.2 Å². The Bertz CT molecular complexity index is 955. The van der Waals surface area contributed by atoms with Crippen molar-refractivity contribution < 1.29 is 18.8 Å². The van der Waals surface area contributed by atoms with Gasteiger partial charge in [0.25, 0.3) is 5.91 Å². The summed E-state index contributed by atoms with van der Waals surface area (Å²) in [5.41, 5.74) is 1.13. The second-order valence-corrected chi connectivity index (χ2v) is 8.78. The Morgan fingerprint density at radius 2 is 1.84 bits per heavy atom. The lowest BCUT2D eigenvalue weighted by molar-refractivity contribution is -0.131. The van der Waals surface area contributed by atoms with Crippen molar-refractivity contribution in [1.29, 1.82) is 0 Å². The third-order valence-corrected chi connectivity index (χ3v) is 6.73. The lowest BCUT2D eigenvalue weighted by Gasteiger charge is -2.40. The molecule has 31 heavy (non-hydrogen) atoms. The highest BCUT2D eigenvalue weighted by Gasteiger charge is 2.41. The fourth-order valence-electron chi connectivity index (χ4n) is 4.74. The van der Waals surface area contributed by atoms with E-state index in [1.165, 1.54) is 12.7 Å². The molecule has 0 unspecified atom stereocenters. The zero-order valence-corrected chi connectivity index (χ0v) is 18.0. The van der Waals surface area contributed by atoms with Gasteiger partial charge in [0, 0.05) is 30.4 Å². The number of nitrogens with one attached hydrogen (secondary N) is 2. The first-order chi connectivity index (χ1) is 14.9. The Morgan fingerprint density at radius 3 is 2.58 bits per heavy atom. The smallest absolute Gasteiger partial charge is 0.291 e. The highest BCUT2D eigenvalue weighted by Crippen LogP contribution is 2.36. The third-order valence-electron chi connectivity index (χ3n) is 6.73. The van der Waals surface area contributed by atoms with Crippen LogP contribution in [0.4, 0.5) is 11.4 Å². The van der Waals surface area contributed by atoms with Gasteiger partial charge in [0.2, 0.25) is 11.8 Å². The molecule has 0 radical (unpaired) electrons. The van der Waals surface area contributed by atoms with Crippen LogP contribution in [0.5, 0.6) is 0 Å². The lowest BCUT2D eigenvalue weighted by Crippen LogP contribution is -2.45. The quantitative estimate of drug-likeness (QED) is 0.756. The van der Waals surface area contributed by atoms with E-state index in [1.54, 1.807) is 36.4 Å². The number of likely N-dealkylation sites (tertiary alicyclic amines) is 1. The average Bonchev–Trinajstić information content (AvgIpc) is 3.41. The molecule has 4 rings (SSSR count). The van der Waals surface area contributed by atoms with Crippen molar-refractivity contribution in [1.82, 2.24) is 4.90 Å². The monoisotopic (exact) mass is 423 g/mol. The number of amides is 3. The Morgan fingerprint density at radius 1 is 1.06 bits per heavy atom. The zero-order valence-electron chi connectivity index (χ0n) is 18.0. The SMILES string of the molecule is C[C@H]1[C@H](C)CCC[C@@H]1N1C[C@@H](C(=O)Nc2cccc(NC(=O)c3ccco3)c2)CC1=O. The van der Waals surface area contributed by atoms with Gasteiger partial charge in [-0.15, -0.1) is 0 Å². The van der Waals surface area contributed by atoms with Crippen LogP contribution in [0.2, 0.25) is 0 Å². The molecule has 1 saturated heterocycles. The van der Waals surface area contributed by atoms with E-state index in [9.17, 15) is 14.4 Å². The Kier molecular flexibility index (Phi) is 6.11. The molecular formula is C24H29N3O4. The first-order valence-corrected chi connectivity index (χ1v) is 11.0. The first kappa shape index (κ1) is 21.2. The lowest BCUT2D eigenvalue weighted by atomic mass is 9.77. The predicted molar refractivity (Wildman–Crippen MR) is 118 cm³/mol. The molecule has 2 aliphatic rings. The summed E-state index contributed by atoms with van der Waals surface area (Å²) in [7, 11) is 0. The molecule has 2 aromatic rings. The second kappa shape index (κ2) is 8.96. The summed E-state index contributed by atoms with van der Waals surface area (Å²) in [5, 5.41) is 5.65. The van der Waals surface area contributed by atoms with Gasteiger partial charge in [0.15, 0.2) is 5.76 Å². The maximum absolute atomic E-state index is 12.9. The van der Waals surface area contributed by atoms with Crippen LogP contribution in [0.15, 0.2) is 47.1 Å². The molecule has 164 valence electrons. The molecule has 2 fully saturated rings. The zero-order chi connectivity index (χ0) is 22.0. The normalized spacial score (nSPS) is 26.0. The number of carbonyl (C=O) groups excluding carboxylic acids is 3. The van der Waals surface area contributed by atoms with E-state index >= 15 is 0 Å². The van der Waals surface area contributed by atoms with Gasteiger partial charge in [-0.05, 0) is 48.6 Å². The largest absolute Gasteiger partial charge is 0.459 e. The Balaban J connectivity index is 1.37. The fraction of sp³-hybridized carbons (Fsp3) is 0.458. The van der Waals surface area contributed by atoms with Crippen LogP contribution in [-0.4, -0.2) is 35.2 Å². The summed E-state index contributed by atoms with van der Waals surface area (Å²) < 4.78 is 5.10. The molecule has 7 nitrogen and oxygen atoms in total. The summed E-state index contributed by atoms with van der Waals surface area (Å²) in [4.78, 5) is 39.6. The molecule has 2 N–H and O–H groups in total. The molecule has 1 aromatic carbocycles. The van der Waals surface area contributed by atoms with Crippen molar-refractivity contribution in [3.8, 4) is 0 Å². The minimum atomic E-state index is -0.363. The number of hydrogen-bond acceptors (Lipinski definition) is 4. The van der Waals surface area contributed by atoms with Gasteiger partial charge >= 0.3 is 0 Å². The van der Waals surface area contributed by atoms with Crippen LogP contribution in [0.25, 0.3) is 0 Å². The molecule has 3 amide bonds. The molecule has 1 aliphatic heterocycles. The third kappa shape index (κ3) is 4.65. The van der Waals surface area contributed by atoms with E-state index in [-0.39, 0.29) is 41.9 Å². The molecule has 1 saturated carbocycles. The van der Waals surface area contributed by atoms with Crippen LogP contribution >= 0.6 is 0 Å². The second-order valence-electron chi connectivity index (χ2n) is 8.78. The summed E-state index contributed by atoms with van der Waals surface area (Å²) in [6.07, 6.45) is 5.04. The van der Waals surface area contributed by atoms with Crippen LogP contribution in [-0.2, 0) is 9.59 Å². The van der Waals surface area contributed by atoms with Crippen molar-refractivity contribution in [2.75, 3.05) is 17.2 Å². The molecule has 1 aromatic heterocycles. The highest BCUT2D eigenvalue weighted by atomic mass is 16.3. The molecule has 2 heterocycles. The molecular weight excluding hydrogens is 394 g/mol. The first-order valence-electron chi connectivity index (χ1n) is 11.0. The number of nitrogens with zero attached hydrogens (tertiary/aromatic N) is 1. The maximum atomic E-state index is 12.9. The van der Waals surface area contributed by atoms with E-state index in [0.29, 0.717) is 29.8 Å². The molecule has 7 heteroatoms. The average molecular weight is 424 g/mol. The summed E-state index contributed by atoms with van der Waals surface area (Å²) in [5.74, 6) is 0.449. The number of furan rings is 1. The van der Waals surface area contributed by atoms with E-state index in [4.69, 9.17) is 4.42 Å². The van der Waals surface area contributed by atoms with Crippen LogP contribution in [0.3, 0.4) is 0 Å². The van der Waals surface area contributed by atoms with Gasteiger partial charge in [-0.25, -0.2) is 0 Å². The van der Waals surface area contributed by atoms with Gasteiger partial charge in [-0.2, -0.15) is 0 Å². The van der Waals surface area contributed by atoms with Crippen molar-refractivity contribution in [2.24, 2.45) is 17.8 Å². The fourth-order valence-corrected chi connectivity index (χ4v) is 4.74. The predicted octanol–water partition coefficient (Wildman–Crippen LogP) is 4.14. The van der Waals surface area contributed by atoms with Gasteiger partial charge in [-0.3, -0.25) is 14.4 Å². The molecule has 0 spiro atoms. The van der Waals surface area contributed by atoms with Crippen LogP contribution in [0, 0.1) is 17.8 Å². The number of rotatable bonds is 5. The Labute approximate surface area is 182 Å². The highest BCUT2D eigenvalue weighted by molar-refractivity contribution is 6.03. The van der Waals surface area contributed by atoms with E-state index in [1.807, 2.05) is 4.90 Å². The topological polar surface area (TPSA) is 91.7 Å². The van der Waals surface area contributed by atoms with Crippen LogP contribution in [0.1, 0.15) is 50.1 Å². The van der Waals surface area contributed by atoms with Crippen molar-refractivity contribution in [3.05, 3.63) is 48.4 Å². The standard InChI is InChI=1S/C24H29N3O4/c1-15-6-3-9-20(16(15)2)27-14-17(12-22(27)28)23(29)25-18-7-4-8-19(13-18)26-24(30)21-10-5-11-31-21/h4-5,7-8,10-11,13,15-17,20H,3,6,9,12,14H2,1-2H3,(H,25,29)(H,26,30)/t15-,16+,17+,20+/m1/s1. The number of benzene rings is 1. The van der Waals surface area contributed by atoms with E-state index in [2.05, 4.69) is 24.5 Å². The number of hydrogen-bond donors (Lipinski definition) is 2. The van der Waals surface area contributed by atoms with Gasteiger partial charge in [0.1, 0.15) is 0 Å². The minimum absolute atomic E-state index is 0.0746. The summed E-state index contributed by atoms with van der Waals surface area (Å²) in [6, 6.07) is 10.4. The van der Waals surface area contributed by atoms with Gasteiger partial charge < -0.3 is 20.0 Å². The number of carbonyl (C=O) groups is 3. The maximum Gasteiger partial charge on any atom is 0.291 e. The van der Waals surface area contributed by atoms with Gasteiger partial charge in [-0.1, -0.05) is 32.8 Å². The minimum Gasteiger partial charge on any atom is -0.459 e. The van der Waals surface area contributed by atoms with E-state index in [0.717, 1.165) is 12.8 Å². The molecule has 0 bridgehead atoms.